The molecule has 0 heterocycles. The molecule has 0 unspecified atom stereocenters. The van der Waals surface area contributed by atoms with Crippen LogP contribution in [0.3, 0.4) is 0 Å². The van der Waals surface area contributed by atoms with Gasteiger partial charge in [0.1, 0.15) is 5.82 Å². The van der Waals surface area contributed by atoms with E-state index < -0.39 is 29.5 Å². The van der Waals surface area contributed by atoms with Gasteiger partial charge in [0.2, 0.25) is 5.91 Å². The van der Waals surface area contributed by atoms with Crippen molar-refractivity contribution in [3.63, 3.8) is 0 Å². The summed E-state index contributed by atoms with van der Waals surface area (Å²) in [5.74, 6) is -3.84. The number of anilines is 1. The van der Waals surface area contributed by atoms with Crippen LogP contribution in [0.1, 0.15) is 25.7 Å². The molecular formula is C14H14ClFNO3-. The molecule has 1 aromatic carbocycles. The van der Waals surface area contributed by atoms with Crippen molar-refractivity contribution < 1.29 is 19.1 Å². The number of carboxylic acids is 1. The Hall–Kier alpha value is -1.62. The molecule has 4 nitrogen and oxygen atoms in total. The van der Waals surface area contributed by atoms with E-state index in [9.17, 15) is 19.1 Å². The summed E-state index contributed by atoms with van der Waals surface area (Å²) < 4.78 is 13.6. The lowest BCUT2D eigenvalue weighted by Gasteiger charge is -2.31. The number of amides is 1. The zero-order valence-corrected chi connectivity index (χ0v) is 11.5. The Labute approximate surface area is 120 Å². The van der Waals surface area contributed by atoms with E-state index in [1.165, 1.54) is 12.1 Å². The standard InChI is InChI=1S/C14H15ClFNO3/c15-8-5-6-12(11(16)7-8)17-13(18)9-3-1-2-4-10(9)14(19)20/h5-7,9-10H,1-4H2,(H,17,18)(H,19,20)/p-1/t9-,10+/m1/s1. The van der Waals surface area contributed by atoms with Gasteiger partial charge in [0.15, 0.2) is 0 Å². The number of nitrogens with one attached hydrogen (secondary N) is 1. The molecule has 1 aliphatic carbocycles. The molecule has 1 N–H and O–H groups in total. The van der Waals surface area contributed by atoms with Gasteiger partial charge in [-0.25, -0.2) is 4.39 Å². The highest BCUT2D eigenvalue weighted by atomic mass is 35.5. The summed E-state index contributed by atoms with van der Waals surface area (Å²) in [6.45, 7) is 0. The van der Waals surface area contributed by atoms with Gasteiger partial charge in [-0.3, -0.25) is 4.79 Å². The van der Waals surface area contributed by atoms with Crippen molar-refractivity contribution in [3.8, 4) is 0 Å². The van der Waals surface area contributed by atoms with Gasteiger partial charge in [-0.05, 0) is 31.0 Å². The van der Waals surface area contributed by atoms with Crippen molar-refractivity contribution in [2.24, 2.45) is 11.8 Å². The van der Waals surface area contributed by atoms with E-state index in [2.05, 4.69) is 5.32 Å². The minimum Gasteiger partial charge on any atom is -0.550 e. The van der Waals surface area contributed by atoms with E-state index in [4.69, 9.17) is 11.6 Å². The van der Waals surface area contributed by atoms with Crippen LogP contribution in [-0.4, -0.2) is 11.9 Å². The number of rotatable bonds is 3. The second-order valence-corrected chi connectivity index (χ2v) is 5.37. The summed E-state index contributed by atoms with van der Waals surface area (Å²) >= 11 is 5.63. The van der Waals surface area contributed by atoms with Gasteiger partial charge < -0.3 is 15.2 Å². The van der Waals surface area contributed by atoms with Crippen molar-refractivity contribution in [2.45, 2.75) is 25.7 Å². The maximum atomic E-state index is 13.6. The molecule has 1 fully saturated rings. The zero-order valence-electron chi connectivity index (χ0n) is 10.7. The summed E-state index contributed by atoms with van der Waals surface area (Å²) in [5, 5.41) is 13.7. The van der Waals surface area contributed by atoms with Gasteiger partial charge in [-0.1, -0.05) is 24.4 Å². The van der Waals surface area contributed by atoms with Gasteiger partial charge in [-0.15, -0.1) is 0 Å². The first-order valence-corrected chi connectivity index (χ1v) is 6.83. The second-order valence-electron chi connectivity index (χ2n) is 4.93. The first-order valence-electron chi connectivity index (χ1n) is 6.46. The van der Waals surface area contributed by atoms with Crippen LogP contribution in [0.25, 0.3) is 0 Å². The number of carbonyl (C=O) groups is 2. The van der Waals surface area contributed by atoms with Crippen LogP contribution in [0, 0.1) is 17.7 Å². The Kier molecular flexibility index (Phi) is 4.60. The first-order chi connectivity index (χ1) is 9.49. The summed E-state index contributed by atoms with van der Waals surface area (Å²) in [7, 11) is 0. The number of carbonyl (C=O) groups excluding carboxylic acids is 2. The van der Waals surface area contributed by atoms with E-state index in [0.29, 0.717) is 12.8 Å². The highest BCUT2D eigenvalue weighted by Crippen LogP contribution is 2.31. The fourth-order valence-electron chi connectivity index (χ4n) is 2.54. The molecule has 1 aliphatic rings. The normalized spacial score (nSPS) is 22.3. The molecule has 20 heavy (non-hydrogen) atoms. The minimum atomic E-state index is -1.22. The average Bonchev–Trinajstić information content (AvgIpc) is 2.41. The Morgan fingerprint density at radius 3 is 2.50 bits per heavy atom. The van der Waals surface area contributed by atoms with Crippen molar-refractivity contribution in [3.05, 3.63) is 29.0 Å². The molecular weight excluding hydrogens is 285 g/mol. The number of halogens is 2. The van der Waals surface area contributed by atoms with Crippen LogP contribution >= 0.6 is 11.6 Å². The summed E-state index contributed by atoms with van der Waals surface area (Å²) in [6, 6.07) is 3.90. The summed E-state index contributed by atoms with van der Waals surface area (Å²) in [4.78, 5) is 23.2. The van der Waals surface area contributed by atoms with Crippen LogP contribution in [0.2, 0.25) is 5.02 Å². The lowest BCUT2D eigenvalue weighted by atomic mass is 9.78. The third-order valence-corrected chi connectivity index (χ3v) is 3.83. The zero-order chi connectivity index (χ0) is 14.7. The second kappa shape index (κ2) is 6.22. The number of aliphatic carboxylic acids is 1. The molecule has 0 spiro atoms. The lowest BCUT2D eigenvalue weighted by Crippen LogP contribution is -2.42. The first kappa shape index (κ1) is 14.8. The number of hydrogen-bond acceptors (Lipinski definition) is 3. The molecule has 2 atom stereocenters. The minimum absolute atomic E-state index is 0.00192. The molecule has 0 bridgehead atoms. The maximum Gasteiger partial charge on any atom is 0.228 e. The molecule has 0 radical (unpaired) electrons. The van der Waals surface area contributed by atoms with Crippen molar-refractivity contribution in [1.82, 2.24) is 0 Å². The molecule has 1 amide bonds. The Morgan fingerprint density at radius 2 is 1.90 bits per heavy atom. The number of benzene rings is 1. The predicted octanol–water partition coefficient (Wildman–Crippen LogP) is 1.97. The van der Waals surface area contributed by atoms with Crippen LogP contribution in [0.15, 0.2) is 18.2 Å². The Morgan fingerprint density at radius 1 is 1.25 bits per heavy atom. The summed E-state index contributed by atoms with van der Waals surface area (Å²) in [6.07, 6.45) is 2.44. The topological polar surface area (TPSA) is 69.2 Å². The third kappa shape index (κ3) is 3.28. The van der Waals surface area contributed by atoms with Crippen LogP contribution < -0.4 is 10.4 Å². The Balaban J connectivity index is 2.12. The van der Waals surface area contributed by atoms with Gasteiger partial charge in [0.25, 0.3) is 0 Å². The van der Waals surface area contributed by atoms with Crippen molar-refractivity contribution in [1.29, 1.82) is 0 Å². The van der Waals surface area contributed by atoms with E-state index in [1.807, 2.05) is 0 Å². The number of carboxylic acid groups (broad SMARTS) is 1. The smallest absolute Gasteiger partial charge is 0.228 e. The number of hydrogen-bond donors (Lipinski definition) is 1. The van der Waals surface area contributed by atoms with Crippen LogP contribution in [0.5, 0.6) is 0 Å². The van der Waals surface area contributed by atoms with Crippen LogP contribution in [0.4, 0.5) is 10.1 Å². The molecule has 0 aromatic heterocycles. The van der Waals surface area contributed by atoms with E-state index >= 15 is 0 Å². The van der Waals surface area contributed by atoms with Gasteiger partial charge in [-0.2, -0.15) is 0 Å². The van der Waals surface area contributed by atoms with Gasteiger partial charge in [0, 0.05) is 22.8 Å². The van der Waals surface area contributed by atoms with E-state index in [-0.39, 0.29) is 10.7 Å². The van der Waals surface area contributed by atoms with Crippen molar-refractivity contribution in [2.75, 3.05) is 5.32 Å². The lowest BCUT2D eigenvalue weighted by molar-refractivity contribution is -0.313. The summed E-state index contributed by atoms with van der Waals surface area (Å²) in [5.41, 5.74) is 0.00192. The van der Waals surface area contributed by atoms with Crippen molar-refractivity contribution >= 4 is 29.2 Å². The van der Waals surface area contributed by atoms with E-state index in [1.54, 1.807) is 0 Å². The quantitative estimate of drug-likeness (QED) is 0.927. The third-order valence-electron chi connectivity index (χ3n) is 3.59. The molecule has 2 rings (SSSR count). The largest absolute Gasteiger partial charge is 0.550 e. The fourth-order valence-corrected chi connectivity index (χ4v) is 2.70. The SMILES string of the molecule is O=C([O-])[C@H]1CCCC[C@H]1C(=O)Nc1ccc(Cl)cc1F. The van der Waals surface area contributed by atoms with Gasteiger partial charge in [0.05, 0.1) is 5.69 Å². The van der Waals surface area contributed by atoms with E-state index in [0.717, 1.165) is 18.9 Å². The predicted molar refractivity (Wildman–Crippen MR) is 70.5 cm³/mol. The maximum absolute atomic E-state index is 13.6. The highest BCUT2D eigenvalue weighted by molar-refractivity contribution is 6.30. The molecule has 108 valence electrons. The average molecular weight is 299 g/mol. The highest BCUT2D eigenvalue weighted by Gasteiger charge is 2.32. The fraction of sp³-hybridized carbons (Fsp3) is 0.429. The molecule has 0 aliphatic heterocycles. The van der Waals surface area contributed by atoms with Gasteiger partial charge >= 0.3 is 0 Å². The molecule has 6 heteroatoms. The molecule has 1 aromatic rings. The Bertz CT molecular complexity index is 535. The van der Waals surface area contributed by atoms with Crippen LogP contribution in [-0.2, 0) is 9.59 Å². The monoisotopic (exact) mass is 298 g/mol. The molecule has 1 saturated carbocycles. The molecule has 0 saturated heterocycles.